The number of hydrogen-bond acceptors (Lipinski definition) is 5. The Labute approximate surface area is 211 Å². The van der Waals surface area contributed by atoms with Gasteiger partial charge in [-0.3, -0.25) is 4.79 Å². The summed E-state index contributed by atoms with van der Waals surface area (Å²) in [4.78, 5) is 11.6. The van der Waals surface area contributed by atoms with Crippen LogP contribution in [0.3, 0.4) is 0 Å². The molecule has 0 amide bonds. The van der Waals surface area contributed by atoms with Gasteiger partial charge in [0.25, 0.3) is 0 Å². The smallest absolute Gasteiger partial charge is 0.306 e. The Morgan fingerprint density at radius 2 is 1.77 bits per heavy atom. The molecule has 1 aliphatic carbocycles. The first kappa shape index (κ1) is 29.3. The lowest BCUT2D eigenvalue weighted by atomic mass is 9.89. The normalized spacial score (nSPS) is 23.5. The topological polar surface area (TPSA) is 87.0 Å². The van der Waals surface area contributed by atoms with Gasteiger partial charge in [-0.05, 0) is 63.9 Å². The van der Waals surface area contributed by atoms with Crippen molar-refractivity contribution in [2.24, 2.45) is 11.8 Å². The summed E-state index contributed by atoms with van der Waals surface area (Å²) in [6, 6.07) is 10.5. The van der Waals surface area contributed by atoms with Crippen LogP contribution >= 0.6 is 0 Å². The lowest BCUT2D eigenvalue weighted by Crippen LogP contribution is -2.20. The number of benzene rings is 1. The van der Waals surface area contributed by atoms with Gasteiger partial charge in [0.15, 0.2) is 0 Å². The van der Waals surface area contributed by atoms with Crippen molar-refractivity contribution in [3.8, 4) is 0 Å². The van der Waals surface area contributed by atoms with E-state index in [1.165, 1.54) is 12.0 Å². The maximum Gasteiger partial charge on any atom is 0.306 e. The van der Waals surface area contributed by atoms with Crippen LogP contribution in [0.4, 0.5) is 0 Å². The molecule has 3 N–H and O–H groups in total. The molecular formula is C30H46O5. The van der Waals surface area contributed by atoms with E-state index >= 15 is 0 Å². The molecule has 196 valence electrons. The van der Waals surface area contributed by atoms with Crippen LogP contribution in [0, 0.1) is 11.8 Å². The van der Waals surface area contributed by atoms with Gasteiger partial charge in [0.05, 0.1) is 24.4 Å². The Hall–Kier alpha value is -1.95. The molecule has 5 heteroatoms. The molecule has 0 heterocycles. The predicted octanol–water partition coefficient (Wildman–Crippen LogP) is 5.52. The lowest BCUT2D eigenvalue weighted by Gasteiger charge is -2.19. The van der Waals surface area contributed by atoms with E-state index in [0.29, 0.717) is 19.3 Å². The Morgan fingerprint density at radius 1 is 1.03 bits per heavy atom. The summed E-state index contributed by atoms with van der Waals surface area (Å²) in [5.74, 6) is -0.386. The molecule has 2 rings (SSSR count). The minimum atomic E-state index is -0.587. The van der Waals surface area contributed by atoms with E-state index in [2.05, 4.69) is 24.3 Å². The van der Waals surface area contributed by atoms with E-state index in [1.54, 1.807) is 6.08 Å². The van der Waals surface area contributed by atoms with Gasteiger partial charge in [0, 0.05) is 18.8 Å². The molecule has 1 aromatic carbocycles. The number of ether oxygens (including phenoxy) is 1. The second kappa shape index (κ2) is 16.7. The number of esters is 1. The van der Waals surface area contributed by atoms with Crippen LogP contribution in [0.25, 0.3) is 0 Å². The first-order valence-electron chi connectivity index (χ1n) is 13.5. The van der Waals surface area contributed by atoms with E-state index in [-0.39, 0.29) is 23.9 Å². The number of hydrogen-bond donors (Lipinski definition) is 3. The van der Waals surface area contributed by atoms with Crippen molar-refractivity contribution in [3.05, 3.63) is 60.2 Å². The number of allylic oxidation sites excluding steroid dienone is 2. The highest BCUT2D eigenvalue weighted by Crippen LogP contribution is 2.36. The third-order valence-corrected chi connectivity index (χ3v) is 6.72. The van der Waals surface area contributed by atoms with Crippen LogP contribution in [0.5, 0.6) is 0 Å². The number of aryl methyl sites for hydroxylation is 1. The number of aliphatic hydroxyl groups is 3. The van der Waals surface area contributed by atoms with Crippen LogP contribution in [-0.2, 0) is 16.0 Å². The average Bonchev–Trinajstić information content (AvgIpc) is 3.09. The summed E-state index contributed by atoms with van der Waals surface area (Å²) in [5, 5.41) is 31.2. The summed E-state index contributed by atoms with van der Waals surface area (Å²) < 4.78 is 5.13. The highest BCUT2D eigenvalue weighted by Gasteiger charge is 2.39. The third-order valence-electron chi connectivity index (χ3n) is 6.72. The van der Waals surface area contributed by atoms with E-state index in [0.717, 1.165) is 44.9 Å². The molecule has 35 heavy (non-hydrogen) atoms. The highest BCUT2D eigenvalue weighted by molar-refractivity contribution is 5.69. The van der Waals surface area contributed by atoms with Gasteiger partial charge in [-0.15, -0.1) is 0 Å². The number of carbonyl (C=O) groups is 1. The highest BCUT2D eigenvalue weighted by atomic mass is 16.5. The van der Waals surface area contributed by atoms with E-state index < -0.39 is 18.3 Å². The van der Waals surface area contributed by atoms with Gasteiger partial charge in [0.2, 0.25) is 0 Å². The largest absolute Gasteiger partial charge is 0.463 e. The van der Waals surface area contributed by atoms with Crippen LogP contribution in [0.2, 0.25) is 0 Å². The molecule has 0 spiro atoms. The van der Waals surface area contributed by atoms with Crippen molar-refractivity contribution in [2.45, 2.75) is 109 Å². The number of aliphatic hydroxyl groups excluding tert-OH is 3. The van der Waals surface area contributed by atoms with Crippen molar-refractivity contribution in [3.63, 3.8) is 0 Å². The molecule has 0 aromatic heterocycles. The first-order chi connectivity index (χ1) is 16.9. The summed E-state index contributed by atoms with van der Waals surface area (Å²) >= 11 is 0. The van der Waals surface area contributed by atoms with Crippen LogP contribution in [-0.4, -0.2) is 45.7 Å². The van der Waals surface area contributed by atoms with Gasteiger partial charge in [-0.2, -0.15) is 0 Å². The quantitative estimate of drug-likeness (QED) is 0.163. The number of carbonyl (C=O) groups excluding carboxylic acids is 1. The summed E-state index contributed by atoms with van der Waals surface area (Å²) in [7, 11) is 0. The predicted molar refractivity (Wildman–Crippen MR) is 141 cm³/mol. The average molecular weight is 487 g/mol. The number of rotatable bonds is 16. The molecule has 5 nitrogen and oxygen atoms in total. The van der Waals surface area contributed by atoms with Crippen molar-refractivity contribution >= 4 is 5.97 Å². The maximum absolute atomic E-state index is 11.6. The third kappa shape index (κ3) is 12.0. The van der Waals surface area contributed by atoms with E-state index in [4.69, 9.17) is 4.74 Å². The van der Waals surface area contributed by atoms with Crippen molar-refractivity contribution < 1.29 is 24.9 Å². The van der Waals surface area contributed by atoms with Gasteiger partial charge < -0.3 is 20.1 Å². The van der Waals surface area contributed by atoms with Crippen LogP contribution < -0.4 is 0 Å². The Balaban J connectivity index is 1.65. The summed E-state index contributed by atoms with van der Waals surface area (Å²) in [6.07, 6.45) is 15.2. The molecule has 0 aliphatic heterocycles. The molecular weight excluding hydrogens is 440 g/mol. The standard InChI is InChI=1S/C30H46O5/c1-23(2)35-30(34)19-13-6-5-12-18-26-27(29(33)22-28(26)32)21-20-25(31)17-11-4-3-8-14-24-15-9-7-10-16-24/h5,7,9-10,12,15-16,20-21,23,25-29,31-33H,3-4,6,8,11,13-14,17-19,22H2,1-2H3/b12-5-,21-20+/t25?,26-,27-,28?,29?/m1/s1. The second-order valence-electron chi connectivity index (χ2n) is 10.1. The Bertz CT molecular complexity index is 757. The fourth-order valence-corrected chi connectivity index (χ4v) is 4.80. The molecule has 1 aliphatic rings. The monoisotopic (exact) mass is 486 g/mol. The first-order valence-corrected chi connectivity index (χ1v) is 13.5. The zero-order valence-electron chi connectivity index (χ0n) is 21.6. The minimum Gasteiger partial charge on any atom is -0.463 e. The second-order valence-corrected chi connectivity index (χ2v) is 10.1. The van der Waals surface area contributed by atoms with Gasteiger partial charge in [-0.1, -0.05) is 73.9 Å². The van der Waals surface area contributed by atoms with Crippen LogP contribution in [0.15, 0.2) is 54.6 Å². The van der Waals surface area contributed by atoms with Crippen molar-refractivity contribution in [1.29, 1.82) is 0 Å². The van der Waals surface area contributed by atoms with Gasteiger partial charge >= 0.3 is 5.97 Å². The molecule has 0 saturated heterocycles. The molecule has 0 radical (unpaired) electrons. The SMILES string of the molecule is CC(C)OC(=O)CCC/C=C\C[C@H]1C(O)CC(O)[C@@H]1/C=C/C(O)CCCCCCc1ccccc1. The molecule has 0 bridgehead atoms. The maximum atomic E-state index is 11.6. The molecule has 5 atom stereocenters. The zero-order valence-corrected chi connectivity index (χ0v) is 21.6. The van der Waals surface area contributed by atoms with Crippen molar-refractivity contribution in [1.82, 2.24) is 0 Å². The lowest BCUT2D eigenvalue weighted by molar-refractivity contribution is -0.147. The zero-order chi connectivity index (χ0) is 25.5. The van der Waals surface area contributed by atoms with Crippen molar-refractivity contribution in [2.75, 3.05) is 0 Å². The minimum absolute atomic E-state index is 0.0615. The fraction of sp³-hybridized carbons (Fsp3) is 0.633. The van der Waals surface area contributed by atoms with Gasteiger partial charge in [-0.25, -0.2) is 0 Å². The van der Waals surface area contributed by atoms with Crippen LogP contribution in [0.1, 0.15) is 83.6 Å². The molecule has 1 saturated carbocycles. The van der Waals surface area contributed by atoms with E-state index in [1.807, 2.05) is 38.1 Å². The Morgan fingerprint density at radius 3 is 2.51 bits per heavy atom. The molecule has 3 unspecified atom stereocenters. The van der Waals surface area contributed by atoms with Gasteiger partial charge in [0.1, 0.15) is 0 Å². The summed E-state index contributed by atoms with van der Waals surface area (Å²) in [6.45, 7) is 3.69. The fourth-order valence-electron chi connectivity index (χ4n) is 4.80. The Kier molecular flexibility index (Phi) is 13.9. The molecule has 1 aromatic rings. The number of unbranched alkanes of at least 4 members (excludes halogenated alkanes) is 4. The molecule has 1 fully saturated rings. The van der Waals surface area contributed by atoms with E-state index in [9.17, 15) is 20.1 Å². The summed E-state index contributed by atoms with van der Waals surface area (Å²) in [5.41, 5.74) is 1.38.